The fourth-order valence-corrected chi connectivity index (χ4v) is 6.83. The number of amides is 1. The molecule has 1 fully saturated rings. The zero-order valence-electron chi connectivity index (χ0n) is 19.8. The average molecular weight is 484 g/mol. The van der Waals surface area contributed by atoms with E-state index in [9.17, 15) is 4.79 Å². The quantitative estimate of drug-likeness (QED) is 0.417. The van der Waals surface area contributed by atoms with Crippen molar-refractivity contribution in [3.05, 3.63) is 99.9 Å². The van der Waals surface area contributed by atoms with Gasteiger partial charge in [0.25, 0.3) is 5.91 Å². The van der Waals surface area contributed by atoms with E-state index in [-0.39, 0.29) is 23.5 Å². The maximum absolute atomic E-state index is 13.0. The molecule has 1 spiro atoms. The first-order chi connectivity index (χ1) is 17.2. The molecular formula is C29H29N3O2S. The largest absolute Gasteiger partial charge is 0.378 e. The summed E-state index contributed by atoms with van der Waals surface area (Å²) in [6, 6.07) is 22.8. The minimum absolute atomic E-state index is 0.0269. The lowest BCUT2D eigenvalue weighted by Crippen LogP contribution is -2.50. The number of nitrogens with one attached hydrogen (secondary N) is 1. The Morgan fingerprint density at radius 3 is 2.74 bits per heavy atom. The second-order valence-corrected chi connectivity index (χ2v) is 10.5. The van der Waals surface area contributed by atoms with Gasteiger partial charge in [-0.05, 0) is 66.2 Å². The van der Waals surface area contributed by atoms with Gasteiger partial charge in [0.1, 0.15) is 0 Å². The number of pyridine rings is 1. The summed E-state index contributed by atoms with van der Waals surface area (Å²) in [5.74, 6) is -0.0269. The first kappa shape index (κ1) is 22.4. The average Bonchev–Trinajstić information content (AvgIpc) is 3.52. The van der Waals surface area contributed by atoms with Crippen molar-refractivity contribution >= 4 is 28.1 Å². The summed E-state index contributed by atoms with van der Waals surface area (Å²) < 4.78 is 6.19. The molecule has 6 heteroatoms. The van der Waals surface area contributed by atoms with Gasteiger partial charge in [0.15, 0.2) is 0 Å². The fraction of sp³-hybridized carbons (Fsp3) is 0.310. The Morgan fingerprint density at radius 2 is 1.94 bits per heavy atom. The van der Waals surface area contributed by atoms with Gasteiger partial charge in [-0.3, -0.25) is 14.7 Å². The summed E-state index contributed by atoms with van der Waals surface area (Å²) in [5.41, 5.74) is 4.79. The number of ether oxygens (including phenoxy) is 1. The van der Waals surface area contributed by atoms with Crippen molar-refractivity contribution in [2.45, 2.75) is 36.9 Å². The number of piperidine rings is 1. The Bertz CT molecular complexity index is 1340. The van der Waals surface area contributed by atoms with E-state index >= 15 is 0 Å². The van der Waals surface area contributed by atoms with Gasteiger partial charge in [-0.15, -0.1) is 11.3 Å². The van der Waals surface area contributed by atoms with Crippen molar-refractivity contribution in [2.75, 3.05) is 20.2 Å². The number of benzene rings is 2. The van der Waals surface area contributed by atoms with Crippen LogP contribution in [0.1, 0.15) is 45.2 Å². The van der Waals surface area contributed by atoms with Crippen LogP contribution in [0.3, 0.4) is 0 Å². The number of hydrogen-bond donors (Lipinski definition) is 1. The lowest BCUT2D eigenvalue weighted by Gasteiger charge is -2.44. The summed E-state index contributed by atoms with van der Waals surface area (Å²) in [5, 5.41) is 6.48. The molecule has 2 atom stereocenters. The van der Waals surface area contributed by atoms with Gasteiger partial charge in [-0.2, -0.15) is 0 Å². The molecule has 0 unspecified atom stereocenters. The molecule has 1 saturated heterocycles. The zero-order valence-corrected chi connectivity index (χ0v) is 20.6. The monoisotopic (exact) mass is 483 g/mol. The highest BCUT2D eigenvalue weighted by atomic mass is 32.1. The van der Waals surface area contributed by atoms with Crippen LogP contribution in [-0.2, 0) is 16.7 Å². The lowest BCUT2D eigenvalue weighted by atomic mass is 9.71. The number of thiophene rings is 1. The lowest BCUT2D eigenvalue weighted by molar-refractivity contribution is -0.0121. The van der Waals surface area contributed by atoms with Gasteiger partial charge >= 0.3 is 0 Å². The Balaban J connectivity index is 1.25. The van der Waals surface area contributed by atoms with Crippen molar-refractivity contribution in [2.24, 2.45) is 0 Å². The van der Waals surface area contributed by atoms with Crippen molar-refractivity contribution in [3.8, 4) is 0 Å². The number of fused-ring (bicyclic) bond motifs is 3. The molecule has 2 aromatic heterocycles. The van der Waals surface area contributed by atoms with Crippen LogP contribution in [0.2, 0.25) is 0 Å². The Morgan fingerprint density at radius 1 is 1.09 bits per heavy atom. The van der Waals surface area contributed by atoms with Crippen LogP contribution >= 0.6 is 11.3 Å². The number of rotatable bonds is 5. The zero-order chi connectivity index (χ0) is 23.8. The Labute approximate surface area is 209 Å². The summed E-state index contributed by atoms with van der Waals surface area (Å²) in [6.45, 7) is 2.88. The molecule has 1 N–H and O–H groups in total. The molecule has 0 bridgehead atoms. The van der Waals surface area contributed by atoms with Crippen LogP contribution in [0, 0.1) is 0 Å². The summed E-state index contributed by atoms with van der Waals surface area (Å²) >= 11 is 1.47. The summed E-state index contributed by atoms with van der Waals surface area (Å²) in [6.07, 6.45) is 3.76. The molecule has 1 aliphatic heterocycles. The molecule has 3 heterocycles. The maximum Gasteiger partial charge on any atom is 0.261 e. The number of hydrogen-bond acceptors (Lipinski definition) is 5. The van der Waals surface area contributed by atoms with E-state index < -0.39 is 0 Å². The van der Waals surface area contributed by atoms with Crippen molar-refractivity contribution < 1.29 is 9.53 Å². The predicted molar refractivity (Wildman–Crippen MR) is 140 cm³/mol. The number of aromatic nitrogens is 1. The number of likely N-dealkylation sites (tertiary alicyclic amines) is 1. The molecule has 6 rings (SSSR count). The first-order valence-electron chi connectivity index (χ1n) is 12.2. The summed E-state index contributed by atoms with van der Waals surface area (Å²) in [4.78, 5) is 20.8. The number of methoxy groups -OCH3 is 1. The topological polar surface area (TPSA) is 54.5 Å². The van der Waals surface area contributed by atoms with E-state index in [4.69, 9.17) is 4.74 Å². The van der Waals surface area contributed by atoms with Crippen LogP contribution in [-0.4, -0.2) is 42.1 Å². The number of carbonyl (C=O) groups excluding carboxylic acids is 1. The third-order valence-electron chi connectivity index (χ3n) is 7.84. The minimum Gasteiger partial charge on any atom is -0.378 e. The third kappa shape index (κ3) is 3.86. The minimum atomic E-state index is -0.151. The normalized spacial score (nSPS) is 21.3. The highest BCUT2D eigenvalue weighted by molar-refractivity contribution is 7.12. The maximum atomic E-state index is 13.0. The van der Waals surface area contributed by atoms with Gasteiger partial charge in [-0.1, -0.05) is 48.5 Å². The molecule has 4 aromatic rings. The number of carbonyl (C=O) groups is 1. The molecule has 2 aromatic carbocycles. The third-order valence-corrected chi connectivity index (χ3v) is 8.71. The fourth-order valence-electron chi connectivity index (χ4n) is 6.20. The Hall–Kier alpha value is -3.06. The molecule has 35 heavy (non-hydrogen) atoms. The second kappa shape index (κ2) is 9.19. The van der Waals surface area contributed by atoms with Crippen molar-refractivity contribution in [3.63, 3.8) is 0 Å². The molecule has 5 nitrogen and oxygen atoms in total. The van der Waals surface area contributed by atoms with Gasteiger partial charge in [0.05, 0.1) is 22.5 Å². The van der Waals surface area contributed by atoms with Crippen molar-refractivity contribution in [1.82, 2.24) is 15.2 Å². The molecule has 1 amide bonds. The van der Waals surface area contributed by atoms with Crippen LogP contribution in [0.25, 0.3) is 10.9 Å². The standard InChI is InChI=1S/C29H29N3O2S/c1-34-27-26(31-28(33)25-12-6-18-35-25)22-8-2-3-10-23(22)29(27)13-16-32(17-14-29)19-20-7-4-11-24-21(20)9-5-15-30-24/h2-12,15,18,26-27H,13-14,16-17,19H2,1H3,(H,31,33)/t26-,27+/m0/s1. The molecule has 0 radical (unpaired) electrons. The van der Waals surface area contributed by atoms with E-state index in [1.165, 1.54) is 33.4 Å². The first-order valence-corrected chi connectivity index (χ1v) is 13.1. The van der Waals surface area contributed by atoms with E-state index in [1.807, 2.05) is 29.8 Å². The predicted octanol–water partition coefficient (Wildman–Crippen LogP) is 5.33. The molecule has 2 aliphatic rings. The van der Waals surface area contributed by atoms with Crippen LogP contribution in [0.5, 0.6) is 0 Å². The van der Waals surface area contributed by atoms with Gasteiger partial charge in [-0.25, -0.2) is 0 Å². The summed E-state index contributed by atoms with van der Waals surface area (Å²) in [7, 11) is 1.79. The van der Waals surface area contributed by atoms with E-state index in [2.05, 4.69) is 63.7 Å². The van der Waals surface area contributed by atoms with Gasteiger partial charge in [0.2, 0.25) is 0 Å². The molecule has 178 valence electrons. The van der Waals surface area contributed by atoms with Gasteiger partial charge < -0.3 is 10.1 Å². The Kier molecular flexibility index (Phi) is 5.88. The van der Waals surface area contributed by atoms with Crippen LogP contribution in [0.15, 0.2) is 78.3 Å². The van der Waals surface area contributed by atoms with E-state index in [0.717, 1.165) is 42.9 Å². The smallest absolute Gasteiger partial charge is 0.261 e. The van der Waals surface area contributed by atoms with Crippen LogP contribution < -0.4 is 5.32 Å². The van der Waals surface area contributed by atoms with Gasteiger partial charge in [0, 0.05) is 30.7 Å². The molecule has 1 aliphatic carbocycles. The molecular weight excluding hydrogens is 454 g/mol. The second-order valence-electron chi connectivity index (χ2n) is 9.59. The van der Waals surface area contributed by atoms with E-state index in [1.54, 1.807) is 7.11 Å². The molecule has 0 saturated carbocycles. The number of nitrogens with zero attached hydrogens (tertiary/aromatic N) is 2. The SMILES string of the molecule is CO[C@@H]1[C@@H](NC(=O)c2cccs2)c2ccccc2C12CCN(Cc1cccc3ncccc13)CC2. The highest BCUT2D eigenvalue weighted by Crippen LogP contribution is 2.52. The van der Waals surface area contributed by atoms with Crippen molar-refractivity contribution in [1.29, 1.82) is 0 Å². The highest BCUT2D eigenvalue weighted by Gasteiger charge is 2.54. The van der Waals surface area contributed by atoms with Crippen LogP contribution in [0.4, 0.5) is 0 Å². The van der Waals surface area contributed by atoms with E-state index in [0.29, 0.717) is 0 Å².